The van der Waals surface area contributed by atoms with E-state index in [2.05, 4.69) is 66.8 Å². The van der Waals surface area contributed by atoms with Gasteiger partial charge < -0.3 is 34.7 Å². The van der Waals surface area contributed by atoms with Gasteiger partial charge in [-0.05, 0) is 24.7 Å². The summed E-state index contributed by atoms with van der Waals surface area (Å²) in [6.45, 7) is 15.7. The largest absolute Gasteiger partial charge is 2.00 e. The second kappa shape index (κ2) is 36.6. The van der Waals surface area contributed by atoms with Crippen LogP contribution in [-0.4, -0.2) is 60.6 Å². The third kappa shape index (κ3) is 36.7. The average Bonchev–Trinajstić information content (AvgIpc) is 2.87. The fourth-order valence-corrected chi connectivity index (χ4v) is 3.25. The van der Waals surface area contributed by atoms with Crippen LogP contribution in [0.2, 0.25) is 0 Å². The van der Waals surface area contributed by atoms with Crippen LogP contribution in [0.4, 0.5) is 0 Å². The molecule has 0 heterocycles. The molecule has 0 rings (SSSR count). The molecule has 209 valence electrons. The molecular formula is C28H57O4S2Sn. The molecule has 3 radical (unpaired) electrons. The summed E-state index contributed by atoms with van der Waals surface area (Å²) >= 11 is 9.15. The van der Waals surface area contributed by atoms with Gasteiger partial charge in [0.25, 0.3) is 11.9 Å². The summed E-state index contributed by atoms with van der Waals surface area (Å²) in [4.78, 5) is 21.6. The van der Waals surface area contributed by atoms with E-state index in [4.69, 9.17) is 9.47 Å². The Kier molecular flexibility index (Phi) is 44.5. The van der Waals surface area contributed by atoms with Crippen molar-refractivity contribution in [1.82, 2.24) is 0 Å². The Morgan fingerprint density at radius 3 is 1.34 bits per heavy atom. The van der Waals surface area contributed by atoms with Crippen molar-refractivity contribution in [1.29, 1.82) is 0 Å². The van der Waals surface area contributed by atoms with Crippen molar-refractivity contribution in [3.05, 3.63) is 6.92 Å². The zero-order valence-electron chi connectivity index (χ0n) is 23.5. The van der Waals surface area contributed by atoms with Crippen LogP contribution >= 0.6 is 0 Å². The van der Waals surface area contributed by atoms with E-state index >= 15 is 0 Å². The van der Waals surface area contributed by atoms with Crippen LogP contribution in [-0.2, 0) is 44.3 Å². The van der Waals surface area contributed by atoms with E-state index in [1.807, 2.05) is 0 Å². The summed E-state index contributed by atoms with van der Waals surface area (Å²) in [6.07, 6.45) is 17.2. The maximum Gasteiger partial charge on any atom is 2.00 e. The minimum atomic E-state index is -0.259. The molecule has 35 heavy (non-hydrogen) atoms. The Balaban J connectivity index is -0.000000134. The Morgan fingerprint density at radius 1 is 0.686 bits per heavy atom. The van der Waals surface area contributed by atoms with Crippen LogP contribution in [0.1, 0.15) is 126 Å². The van der Waals surface area contributed by atoms with Crippen LogP contribution in [0.3, 0.4) is 0 Å². The first-order valence-corrected chi connectivity index (χ1v) is 14.8. The van der Waals surface area contributed by atoms with E-state index in [1.54, 1.807) is 0 Å². The Hall–Kier alpha value is 0.439. The molecule has 0 aromatic rings. The average molecular weight is 641 g/mol. The molecular weight excluding hydrogens is 583 g/mol. The number of hydrogen-bond acceptors (Lipinski definition) is 6. The van der Waals surface area contributed by atoms with Crippen molar-refractivity contribution in [2.45, 2.75) is 125 Å². The molecule has 4 nitrogen and oxygen atoms in total. The normalized spacial score (nSPS) is 11.5. The van der Waals surface area contributed by atoms with Gasteiger partial charge >= 0.3 is 23.9 Å². The third-order valence-corrected chi connectivity index (χ3v) is 6.11. The standard InChI is InChI=1S/2C10H20O2S.C8H17.Sn.H2/c2*1-3-5-6-9(4-2)7-12-10(11)8-13;1-3-5-7-8-6-4-2;;/h2*9,13H,3-8H2,1-2H3;1,3-8H2,2H3;;1H/q;;;+2;/p-2. The fraction of sp³-hybridized carbons (Fsp3) is 0.893. The number of carbonyl (C=O) groups excluding carboxylic acids is 2. The number of carbonyl (C=O) groups is 2. The Labute approximate surface area is 248 Å². The molecule has 0 amide bonds. The summed E-state index contributed by atoms with van der Waals surface area (Å²) in [5, 5.41) is 0. The minimum absolute atomic E-state index is 0. The summed E-state index contributed by atoms with van der Waals surface area (Å²) in [7, 11) is 0. The molecule has 7 heteroatoms. The van der Waals surface area contributed by atoms with Crippen molar-refractivity contribution in [2.75, 3.05) is 24.7 Å². The van der Waals surface area contributed by atoms with E-state index in [1.165, 1.54) is 57.8 Å². The predicted octanol–water partition coefficient (Wildman–Crippen LogP) is 7.63. The van der Waals surface area contributed by atoms with Gasteiger partial charge in [0.05, 0.1) is 13.2 Å². The zero-order chi connectivity index (χ0) is 26.5. The molecule has 0 aliphatic carbocycles. The van der Waals surface area contributed by atoms with Gasteiger partial charge in [0, 0.05) is 1.43 Å². The number of esters is 2. The van der Waals surface area contributed by atoms with Crippen molar-refractivity contribution >= 4 is 61.1 Å². The molecule has 2 unspecified atom stereocenters. The molecule has 0 N–H and O–H groups in total. The van der Waals surface area contributed by atoms with Crippen molar-refractivity contribution in [3.8, 4) is 0 Å². The second-order valence-corrected chi connectivity index (χ2v) is 9.33. The van der Waals surface area contributed by atoms with Gasteiger partial charge in [0.1, 0.15) is 0 Å². The molecule has 0 bridgehead atoms. The van der Waals surface area contributed by atoms with Gasteiger partial charge in [0.2, 0.25) is 0 Å². The van der Waals surface area contributed by atoms with Crippen molar-refractivity contribution in [2.24, 2.45) is 11.8 Å². The number of rotatable bonds is 19. The number of ether oxygens (including phenoxy) is 2. The van der Waals surface area contributed by atoms with Crippen molar-refractivity contribution < 1.29 is 20.5 Å². The van der Waals surface area contributed by atoms with E-state index in [9.17, 15) is 9.59 Å². The van der Waals surface area contributed by atoms with Gasteiger partial charge in [0.15, 0.2) is 0 Å². The van der Waals surface area contributed by atoms with Crippen LogP contribution in [0, 0.1) is 18.8 Å². The van der Waals surface area contributed by atoms with Crippen molar-refractivity contribution in [3.63, 3.8) is 0 Å². The van der Waals surface area contributed by atoms with E-state index in [0.717, 1.165) is 32.1 Å². The molecule has 0 aliphatic rings. The third-order valence-electron chi connectivity index (χ3n) is 5.64. The van der Waals surface area contributed by atoms with Crippen LogP contribution < -0.4 is 0 Å². The molecule has 2 atom stereocenters. The summed E-state index contributed by atoms with van der Waals surface area (Å²) in [6, 6.07) is 0. The van der Waals surface area contributed by atoms with Gasteiger partial charge in [-0.25, -0.2) is 0 Å². The molecule has 0 fully saturated rings. The molecule has 0 aromatic carbocycles. The maximum atomic E-state index is 10.8. The maximum absolute atomic E-state index is 10.8. The SMILES string of the molecule is CCCCC(CC)COC(=O)C[S-].CCCCC(CC)COC(=O)C[S-].[CH2]CCCCCCC.[HH].[Sn+2]. The zero-order valence-corrected chi connectivity index (χ0v) is 28.0. The first-order valence-electron chi connectivity index (χ1n) is 13.7. The number of unbranched alkanes of at least 4 members (excludes halogenated alkanes) is 7. The van der Waals surface area contributed by atoms with Crippen LogP contribution in [0.25, 0.3) is 0 Å². The van der Waals surface area contributed by atoms with Crippen LogP contribution in [0.5, 0.6) is 0 Å². The molecule has 0 spiro atoms. The summed E-state index contributed by atoms with van der Waals surface area (Å²) in [5.41, 5.74) is 0. The quantitative estimate of drug-likeness (QED) is 0.0627. The van der Waals surface area contributed by atoms with E-state index in [0.29, 0.717) is 25.0 Å². The number of hydrogen-bond donors (Lipinski definition) is 0. The first kappa shape index (κ1) is 42.5. The second-order valence-electron chi connectivity index (χ2n) is 8.76. The first-order chi connectivity index (χ1) is 16.4. The predicted molar refractivity (Wildman–Crippen MR) is 160 cm³/mol. The van der Waals surface area contributed by atoms with E-state index < -0.39 is 0 Å². The molecule has 0 aromatic heterocycles. The van der Waals surface area contributed by atoms with Gasteiger partial charge in [-0.3, -0.25) is 9.59 Å². The Morgan fingerprint density at radius 2 is 1.06 bits per heavy atom. The van der Waals surface area contributed by atoms with Crippen LogP contribution in [0.15, 0.2) is 0 Å². The van der Waals surface area contributed by atoms with Gasteiger partial charge in [-0.2, -0.15) is 0 Å². The smallest absolute Gasteiger partial charge is 0.782 e. The van der Waals surface area contributed by atoms with E-state index in [-0.39, 0.29) is 48.8 Å². The summed E-state index contributed by atoms with van der Waals surface area (Å²) in [5.74, 6) is 0.667. The molecule has 0 aliphatic heterocycles. The fourth-order valence-electron chi connectivity index (χ4n) is 3.08. The molecule has 0 saturated heterocycles. The molecule has 0 saturated carbocycles. The van der Waals surface area contributed by atoms with Gasteiger partial charge in [-0.15, -0.1) is 0 Å². The topological polar surface area (TPSA) is 52.6 Å². The van der Waals surface area contributed by atoms with Gasteiger partial charge in [-0.1, -0.05) is 130 Å². The Bertz CT molecular complexity index is 394. The monoisotopic (exact) mass is 641 g/mol. The summed E-state index contributed by atoms with van der Waals surface area (Å²) < 4.78 is 10.00. The minimum Gasteiger partial charge on any atom is -0.782 e.